The highest BCUT2D eigenvalue weighted by Crippen LogP contribution is 2.63. The summed E-state index contributed by atoms with van der Waals surface area (Å²) in [6, 6.07) is 0. The molecule has 0 aromatic carbocycles. The molecule has 128 valence electrons. The molecule has 3 aliphatic rings. The Hall–Kier alpha value is -1.05. The molecule has 2 heteroatoms. The molecule has 3 rings (SSSR count). The van der Waals surface area contributed by atoms with Crippen LogP contribution in [0.1, 0.15) is 65.7 Å². The number of hydrogen-bond donors (Lipinski definition) is 0. The largest absolute Gasteiger partial charge is 0.399 e. The predicted octanol–water partition coefficient (Wildman–Crippen LogP) is 5.75. The number of rotatable bonds is 3. The van der Waals surface area contributed by atoms with Crippen molar-refractivity contribution >= 4 is 6.21 Å². The second-order valence-corrected chi connectivity index (χ2v) is 8.95. The van der Waals surface area contributed by atoms with Gasteiger partial charge in [-0.2, -0.15) is 0 Å². The van der Waals surface area contributed by atoms with Crippen LogP contribution in [0, 0.1) is 28.1 Å². The fourth-order valence-electron chi connectivity index (χ4n) is 5.99. The van der Waals surface area contributed by atoms with Crippen molar-refractivity contribution in [2.45, 2.75) is 65.7 Å². The maximum Gasteiger partial charge on any atom is 0.106 e. The molecule has 3 aliphatic carbocycles. The standard InChI is InChI=1S/C21H33NO/c1-6-19(2)13-10-17-16(14-19)8-9-18-20(3,15-22-23-5)11-7-12-21(17,18)4/h6,10,15-16,18H,1,7-9,11-14H2,2-5H3/t16?,18?,19-,20-,21-/m1/s1. The van der Waals surface area contributed by atoms with Crippen molar-refractivity contribution < 1.29 is 4.84 Å². The van der Waals surface area contributed by atoms with Crippen LogP contribution >= 0.6 is 0 Å². The van der Waals surface area contributed by atoms with Crippen LogP contribution in [0.2, 0.25) is 0 Å². The van der Waals surface area contributed by atoms with Gasteiger partial charge in [0.25, 0.3) is 0 Å². The lowest BCUT2D eigenvalue weighted by atomic mass is 9.46. The van der Waals surface area contributed by atoms with Gasteiger partial charge in [0, 0.05) is 11.6 Å². The molecule has 0 amide bonds. The first-order valence-electron chi connectivity index (χ1n) is 9.29. The van der Waals surface area contributed by atoms with Gasteiger partial charge in [-0.15, -0.1) is 6.58 Å². The van der Waals surface area contributed by atoms with Crippen LogP contribution in [-0.4, -0.2) is 13.3 Å². The molecule has 0 aromatic rings. The first-order valence-corrected chi connectivity index (χ1v) is 9.29. The summed E-state index contributed by atoms with van der Waals surface area (Å²) in [6.45, 7) is 11.4. The zero-order valence-corrected chi connectivity index (χ0v) is 15.4. The van der Waals surface area contributed by atoms with E-state index >= 15 is 0 Å². The van der Waals surface area contributed by atoms with Crippen molar-refractivity contribution in [2.75, 3.05) is 7.11 Å². The minimum atomic E-state index is 0.175. The van der Waals surface area contributed by atoms with Crippen molar-refractivity contribution in [3.8, 4) is 0 Å². The molecule has 0 aromatic heterocycles. The van der Waals surface area contributed by atoms with Crippen molar-refractivity contribution in [1.82, 2.24) is 0 Å². The number of nitrogens with zero attached hydrogens (tertiary/aromatic N) is 1. The quantitative estimate of drug-likeness (QED) is 0.369. The Kier molecular flexibility index (Phi) is 4.23. The van der Waals surface area contributed by atoms with E-state index < -0.39 is 0 Å². The highest BCUT2D eigenvalue weighted by Gasteiger charge is 2.54. The normalized spacial score (nSPS) is 46.7. The highest BCUT2D eigenvalue weighted by molar-refractivity contribution is 5.66. The molecular formula is C21H33NO. The van der Waals surface area contributed by atoms with Crippen LogP contribution in [0.5, 0.6) is 0 Å². The minimum Gasteiger partial charge on any atom is -0.399 e. The van der Waals surface area contributed by atoms with Crippen LogP contribution in [0.3, 0.4) is 0 Å². The molecule has 0 radical (unpaired) electrons. The molecule has 5 atom stereocenters. The van der Waals surface area contributed by atoms with Gasteiger partial charge in [0.2, 0.25) is 0 Å². The Morgan fingerprint density at radius 1 is 1.26 bits per heavy atom. The molecular weight excluding hydrogens is 282 g/mol. The molecule has 0 saturated heterocycles. The minimum absolute atomic E-state index is 0.175. The van der Waals surface area contributed by atoms with E-state index in [1.165, 1.54) is 38.5 Å². The van der Waals surface area contributed by atoms with E-state index in [0.29, 0.717) is 16.7 Å². The van der Waals surface area contributed by atoms with Crippen LogP contribution < -0.4 is 0 Å². The molecule has 2 unspecified atom stereocenters. The summed E-state index contributed by atoms with van der Waals surface area (Å²) >= 11 is 0. The third-order valence-electron chi connectivity index (χ3n) is 7.33. The third-order valence-corrected chi connectivity index (χ3v) is 7.33. The van der Waals surface area contributed by atoms with Crippen LogP contribution in [0.15, 0.2) is 29.5 Å². The number of fused-ring (bicyclic) bond motifs is 3. The first-order chi connectivity index (χ1) is 10.9. The van der Waals surface area contributed by atoms with Gasteiger partial charge in [-0.3, -0.25) is 0 Å². The van der Waals surface area contributed by atoms with Crippen molar-refractivity contribution in [3.05, 3.63) is 24.3 Å². The monoisotopic (exact) mass is 315 g/mol. The fourth-order valence-corrected chi connectivity index (χ4v) is 5.99. The Bertz CT molecular complexity index is 536. The van der Waals surface area contributed by atoms with Crippen LogP contribution in [-0.2, 0) is 4.84 Å². The van der Waals surface area contributed by atoms with Crippen molar-refractivity contribution in [3.63, 3.8) is 0 Å². The molecule has 0 N–H and O–H groups in total. The molecule has 0 aliphatic heterocycles. The Morgan fingerprint density at radius 2 is 2.04 bits per heavy atom. The maximum atomic E-state index is 5.01. The lowest BCUT2D eigenvalue weighted by Crippen LogP contribution is -2.50. The van der Waals surface area contributed by atoms with Gasteiger partial charge in [0.15, 0.2) is 0 Å². The summed E-state index contributed by atoms with van der Waals surface area (Å²) < 4.78 is 0. The highest BCUT2D eigenvalue weighted by atomic mass is 16.6. The maximum absolute atomic E-state index is 5.01. The van der Waals surface area contributed by atoms with E-state index in [1.54, 1.807) is 12.7 Å². The average Bonchev–Trinajstić information content (AvgIpc) is 2.52. The second kappa shape index (κ2) is 5.79. The summed E-state index contributed by atoms with van der Waals surface area (Å²) in [5, 5.41) is 4.17. The topological polar surface area (TPSA) is 21.6 Å². The van der Waals surface area contributed by atoms with E-state index in [4.69, 9.17) is 4.84 Å². The first kappa shape index (κ1) is 16.8. The van der Waals surface area contributed by atoms with Crippen LogP contribution in [0.4, 0.5) is 0 Å². The van der Waals surface area contributed by atoms with Crippen LogP contribution in [0.25, 0.3) is 0 Å². The number of oxime groups is 1. The molecule has 23 heavy (non-hydrogen) atoms. The lowest BCUT2D eigenvalue weighted by molar-refractivity contribution is 0.0124. The Morgan fingerprint density at radius 3 is 2.74 bits per heavy atom. The smallest absolute Gasteiger partial charge is 0.106 e. The Balaban J connectivity index is 1.95. The number of hydrogen-bond acceptors (Lipinski definition) is 2. The number of allylic oxidation sites excluding steroid dienone is 3. The van der Waals surface area contributed by atoms with Gasteiger partial charge >= 0.3 is 0 Å². The van der Waals surface area contributed by atoms with E-state index in [0.717, 1.165) is 12.3 Å². The van der Waals surface area contributed by atoms with E-state index in [9.17, 15) is 0 Å². The van der Waals surface area contributed by atoms with E-state index in [1.807, 2.05) is 0 Å². The van der Waals surface area contributed by atoms with Crippen molar-refractivity contribution in [2.24, 2.45) is 33.2 Å². The fraction of sp³-hybridized carbons (Fsp3) is 0.762. The van der Waals surface area contributed by atoms with E-state index in [2.05, 4.69) is 50.9 Å². The van der Waals surface area contributed by atoms with Gasteiger partial charge in [-0.1, -0.05) is 50.1 Å². The zero-order valence-electron chi connectivity index (χ0n) is 15.4. The predicted molar refractivity (Wildman–Crippen MR) is 97.4 cm³/mol. The second-order valence-electron chi connectivity index (χ2n) is 8.95. The van der Waals surface area contributed by atoms with E-state index in [-0.39, 0.29) is 5.41 Å². The molecule has 0 bridgehead atoms. The van der Waals surface area contributed by atoms with Gasteiger partial charge in [0.05, 0.1) is 0 Å². The van der Waals surface area contributed by atoms with Crippen molar-refractivity contribution in [1.29, 1.82) is 0 Å². The Labute approximate surface area is 142 Å². The molecule has 2 saturated carbocycles. The summed E-state index contributed by atoms with van der Waals surface area (Å²) in [6.07, 6.45) is 15.8. The third kappa shape index (κ3) is 2.68. The molecule has 2 nitrogen and oxygen atoms in total. The van der Waals surface area contributed by atoms with Gasteiger partial charge in [-0.05, 0) is 61.2 Å². The SMILES string of the molecule is C=C[C@]1(C)CC=C2C(CCC3[C@@](C)(C=NOC)CCC[C@]23C)C1. The van der Waals surface area contributed by atoms with Gasteiger partial charge < -0.3 is 4.84 Å². The average molecular weight is 316 g/mol. The summed E-state index contributed by atoms with van der Waals surface area (Å²) in [7, 11) is 1.65. The zero-order chi connectivity index (χ0) is 16.7. The summed E-state index contributed by atoms with van der Waals surface area (Å²) in [4.78, 5) is 5.01. The molecule has 2 fully saturated rings. The molecule has 0 spiro atoms. The summed E-state index contributed by atoms with van der Waals surface area (Å²) in [5.74, 6) is 1.45. The summed E-state index contributed by atoms with van der Waals surface area (Å²) in [5.41, 5.74) is 2.57. The van der Waals surface area contributed by atoms with Gasteiger partial charge in [0.1, 0.15) is 7.11 Å². The molecule has 0 heterocycles. The van der Waals surface area contributed by atoms with Gasteiger partial charge in [-0.25, -0.2) is 0 Å². The lowest BCUT2D eigenvalue weighted by Gasteiger charge is -2.58.